The van der Waals surface area contributed by atoms with Crippen LogP contribution in [0, 0.1) is 3.57 Å². The number of hydrogen-bond acceptors (Lipinski definition) is 3. The van der Waals surface area contributed by atoms with E-state index in [-0.39, 0.29) is 6.04 Å². The van der Waals surface area contributed by atoms with Crippen LogP contribution in [0.2, 0.25) is 0 Å². The minimum atomic E-state index is -3.41. The normalized spacial score (nSPS) is 13.6. The number of hydrogen-bond donors (Lipinski definition) is 1. The highest BCUT2D eigenvalue weighted by molar-refractivity contribution is 14.1. The third kappa shape index (κ3) is 6.63. The molecular formula is C15H25IN2O2S. The summed E-state index contributed by atoms with van der Waals surface area (Å²) in [6.45, 7) is 9.31. The minimum absolute atomic E-state index is 0.0511. The Labute approximate surface area is 142 Å². The maximum atomic E-state index is 12.2. The third-order valence-corrected chi connectivity index (χ3v) is 5.81. The van der Waals surface area contributed by atoms with Crippen LogP contribution in [-0.2, 0) is 10.0 Å². The summed E-state index contributed by atoms with van der Waals surface area (Å²) >= 11 is 2.16. The average Bonchev–Trinajstić information content (AvgIpc) is 2.43. The average molecular weight is 424 g/mol. The van der Waals surface area contributed by atoms with Crippen LogP contribution in [0.1, 0.15) is 33.6 Å². The molecule has 1 aromatic rings. The van der Waals surface area contributed by atoms with Gasteiger partial charge in [0.1, 0.15) is 0 Å². The fraction of sp³-hybridized carbons (Fsp3) is 0.600. The molecule has 0 aliphatic rings. The number of halogens is 1. The lowest BCUT2D eigenvalue weighted by Crippen LogP contribution is -2.33. The van der Waals surface area contributed by atoms with Crippen molar-refractivity contribution in [3.63, 3.8) is 0 Å². The van der Waals surface area contributed by atoms with Crippen LogP contribution in [0.5, 0.6) is 0 Å². The van der Waals surface area contributed by atoms with E-state index in [9.17, 15) is 8.42 Å². The Hall–Kier alpha value is -0.180. The third-order valence-electron chi connectivity index (χ3n) is 3.49. The molecule has 0 heterocycles. The summed E-state index contributed by atoms with van der Waals surface area (Å²) in [6, 6.07) is 6.85. The first-order valence-electron chi connectivity index (χ1n) is 7.39. The van der Waals surface area contributed by atoms with Crippen molar-refractivity contribution in [3.05, 3.63) is 27.8 Å². The first-order valence-corrected chi connectivity index (χ1v) is 9.95. The van der Waals surface area contributed by atoms with Crippen LogP contribution < -0.4 is 4.72 Å². The van der Waals surface area contributed by atoms with Crippen molar-refractivity contribution < 1.29 is 8.42 Å². The number of rotatable bonds is 9. The van der Waals surface area contributed by atoms with Gasteiger partial charge in [-0.25, -0.2) is 13.1 Å². The van der Waals surface area contributed by atoms with Gasteiger partial charge in [0.25, 0.3) is 0 Å². The molecule has 0 saturated carbocycles. The Morgan fingerprint density at radius 3 is 2.29 bits per heavy atom. The van der Waals surface area contributed by atoms with E-state index in [2.05, 4.69) is 46.1 Å². The topological polar surface area (TPSA) is 49.4 Å². The highest BCUT2D eigenvalue weighted by Crippen LogP contribution is 2.13. The molecule has 4 nitrogen and oxygen atoms in total. The van der Waals surface area contributed by atoms with Crippen molar-refractivity contribution in [1.82, 2.24) is 9.62 Å². The quantitative estimate of drug-likeness (QED) is 0.620. The molecule has 1 unspecified atom stereocenters. The molecule has 1 rings (SSSR count). The van der Waals surface area contributed by atoms with E-state index in [0.717, 1.165) is 36.0 Å². The van der Waals surface area contributed by atoms with E-state index in [4.69, 9.17) is 0 Å². The van der Waals surface area contributed by atoms with Crippen LogP contribution in [0.25, 0.3) is 0 Å². The summed E-state index contributed by atoms with van der Waals surface area (Å²) in [6.07, 6.45) is 1.85. The van der Waals surface area contributed by atoms with Gasteiger partial charge in [0.05, 0.1) is 4.90 Å². The Balaban J connectivity index is 2.49. The zero-order valence-corrected chi connectivity index (χ0v) is 15.9. The zero-order valence-electron chi connectivity index (χ0n) is 13.0. The van der Waals surface area contributed by atoms with E-state index in [1.807, 2.05) is 6.92 Å². The summed E-state index contributed by atoms with van der Waals surface area (Å²) in [5, 5.41) is 0. The van der Waals surface area contributed by atoms with Gasteiger partial charge in [-0.2, -0.15) is 0 Å². The monoisotopic (exact) mass is 424 g/mol. The van der Waals surface area contributed by atoms with Crippen molar-refractivity contribution >= 4 is 32.6 Å². The molecule has 0 saturated heterocycles. The first kappa shape index (κ1) is 18.9. The molecule has 1 atom stereocenters. The Morgan fingerprint density at radius 1 is 1.19 bits per heavy atom. The van der Waals surface area contributed by atoms with E-state index >= 15 is 0 Å². The molecule has 0 radical (unpaired) electrons. The standard InChI is InChI=1S/C15H25IN2O2S/c1-4-18(5-2)12-6-7-13(3)17-21(19,20)15-10-8-14(16)9-11-15/h8-11,13,17H,4-7,12H2,1-3H3. The number of nitrogens with zero attached hydrogens (tertiary/aromatic N) is 1. The molecule has 6 heteroatoms. The predicted octanol–water partition coefficient (Wildman–Crippen LogP) is 3.08. The van der Waals surface area contributed by atoms with E-state index in [0.29, 0.717) is 4.90 Å². The molecule has 0 amide bonds. The molecule has 120 valence electrons. The van der Waals surface area contributed by atoms with E-state index in [1.165, 1.54) is 0 Å². The molecule has 0 aliphatic carbocycles. The Kier molecular flexibility index (Phi) is 8.15. The second-order valence-corrected chi connectivity index (χ2v) is 8.10. The van der Waals surface area contributed by atoms with Gasteiger partial charge >= 0.3 is 0 Å². The van der Waals surface area contributed by atoms with Crippen LogP contribution in [0.3, 0.4) is 0 Å². The largest absolute Gasteiger partial charge is 0.304 e. The number of nitrogens with one attached hydrogen (secondary N) is 1. The molecule has 0 aliphatic heterocycles. The van der Waals surface area contributed by atoms with Crippen LogP contribution in [0.4, 0.5) is 0 Å². The molecule has 0 spiro atoms. The zero-order chi connectivity index (χ0) is 15.9. The van der Waals surface area contributed by atoms with Gasteiger partial charge < -0.3 is 4.90 Å². The second-order valence-electron chi connectivity index (χ2n) is 5.15. The summed E-state index contributed by atoms with van der Waals surface area (Å²) in [4.78, 5) is 2.68. The molecule has 1 N–H and O–H groups in total. The highest BCUT2D eigenvalue weighted by atomic mass is 127. The molecule has 1 aromatic carbocycles. The van der Waals surface area contributed by atoms with Gasteiger partial charge in [-0.1, -0.05) is 13.8 Å². The summed E-state index contributed by atoms with van der Waals surface area (Å²) in [7, 11) is -3.41. The van der Waals surface area contributed by atoms with E-state index in [1.54, 1.807) is 24.3 Å². The number of benzene rings is 1. The van der Waals surface area contributed by atoms with Gasteiger partial charge in [0, 0.05) is 9.61 Å². The van der Waals surface area contributed by atoms with E-state index < -0.39 is 10.0 Å². The van der Waals surface area contributed by atoms with Crippen LogP contribution in [-0.4, -0.2) is 39.0 Å². The Bertz CT molecular complexity index is 513. The van der Waals surface area contributed by atoms with Gasteiger partial charge in [0.2, 0.25) is 10.0 Å². The van der Waals surface area contributed by atoms with Gasteiger partial charge in [-0.05, 0) is 86.3 Å². The van der Waals surface area contributed by atoms with Gasteiger partial charge in [-0.15, -0.1) is 0 Å². The summed E-state index contributed by atoms with van der Waals surface area (Å²) in [5.74, 6) is 0. The lowest BCUT2D eigenvalue weighted by molar-refractivity contribution is 0.293. The van der Waals surface area contributed by atoms with Crippen molar-refractivity contribution in [2.75, 3.05) is 19.6 Å². The minimum Gasteiger partial charge on any atom is -0.304 e. The van der Waals surface area contributed by atoms with Gasteiger partial charge in [0.15, 0.2) is 0 Å². The highest BCUT2D eigenvalue weighted by Gasteiger charge is 2.17. The lowest BCUT2D eigenvalue weighted by Gasteiger charge is -2.19. The van der Waals surface area contributed by atoms with Crippen molar-refractivity contribution in [2.24, 2.45) is 0 Å². The lowest BCUT2D eigenvalue weighted by atomic mass is 10.2. The molecule has 21 heavy (non-hydrogen) atoms. The predicted molar refractivity (Wildman–Crippen MR) is 96.0 cm³/mol. The van der Waals surface area contributed by atoms with Crippen LogP contribution in [0.15, 0.2) is 29.2 Å². The van der Waals surface area contributed by atoms with Crippen molar-refractivity contribution in [1.29, 1.82) is 0 Å². The van der Waals surface area contributed by atoms with Crippen molar-refractivity contribution in [3.8, 4) is 0 Å². The number of sulfonamides is 1. The fourth-order valence-electron chi connectivity index (χ4n) is 2.17. The first-order chi connectivity index (χ1) is 9.89. The maximum Gasteiger partial charge on any atom is 0.240 e. The molecule has 0 bridgehead atoms. The summed E-state index contributed by atoms with van der Waals surface area (Å²) < 4.78 is 28.3. The molecule has 0 fully saturated rings. The smallest absolute Gasteiger partial charge is 0.240 e. The van der Waals surface area contributed by atoms with Crippen molar-refractivity contribution in [2.45, 2.75) is 44.6 Å². The molecule has 0 aromatic heterocycles. The van der Waals surface area contributed by atoms with Crippen LogP contribution >= 0.6 is 22.6 Å². The van der Waals surface area contributed by atoms with Gasteiger partial charge in [-0.3, -0.25) is 0 Å². The molecular weight excluding hydrogens is 399 g/mol. The second kappa shape index (κ2) is 9.07. The maximum absolute atomic E-state index is 12.2. The SMILES string of the molecule is CCN(CC)CCCC(C)NS(=O)(=O)c1ccc(I)cc1. The summed E-state index contributed by atoms with van der Waals surface area (Å²) in [5.41, 5.74) is 0. The fourth-order valence-corrected chi connectivity index (χ4v) is 3.80. The Morgan fingerprint density at radius 2 is 1.76 bits per heavy atom.